The summed E-state index contributed by atoms with van der Waals surface area (Å²) >= 11 is 0. The third-order valence-corrected chi connectivity index (χ3v) is 5.50. The van der Waals surface area contributed by atoms with E-state index in [0.29, 0.717) is 38.2 Å². The second-order valence-corrected chi connectivity index (χ2v) is 7.40. The number of nitrogens with one attached hydrogen (secondary N) is 1. The molecular weight excluding hydrogens is 334 g/mol. The molecule has 3 amide bonds. The first-order valence-corrected chi connectivity index (χ1v) is 9.07. The average molecular weight is 357 g/mol. The number of benzene rings is 1. The number of anilines is 1. The molecule has 0 bridgehead atoms. The van der Waals surface area contributed by atoms with Crippen LogP contribution in [-0.4, -0.2) is 65.9 Å². The van der Waals surface area contributed by atoms with Gasteiger partial charge in [0, 0.05) is 31.3 Å². The Bertz CT molecular complexity index is 774. The van der Waals surface area contributed by atoms with E-state index in [4.69, 9.17) is 4.74 Å². The molecule has 4 rings (SSSR count). The van der Waals surface area contributed by atoms with Crippen molar-refractivity contribution >= 4 is 23.4 Å². The van der Waals surface area contributed by atoms with E-state index < -0.39 is 5.60 Å². The lowest BCUT2D eigenvalue weighted by Gasteiger charge is -2.47. The number of morpholine rings is 1. The van der Waals surface area contributed by atoms with Gasteiger partial charge in [0.15, 0.2) is 0 Å². The number of hydrogen-bond acceptors (Lipinski definition) is 4. The van der Waals surface area contributed by atoms with Crippen LogP contribution >= 0.6 is 0 Å². The molecule has 0 radical (unpaired) electrons. The molecule has 1 aromatic rings. The molecule has 1 unspecified atom stereocenters. The molecule has 0 saturated carbocycles. The van der Waals surface area contributed by atoms with Crippen LogP contribution in [0.25, 0.3) is 0 Å². The molecule has 3 aliphatic heterocycles. The fourth-order valence-electron chi connectivity index (χ4n) is 4.18. The van der Waals surface area contributed by atoms with Crippen LogP contribution in [0.5, 0.6) is 0 Å². The van der Waals surface area contributed by atoms with Gasteiger partial charge in [-0.2, -0.15) is 0 Å². The highest BCUT2D eigenvalue weighted by molar-refractivity contribution is 6.01. The first kappa shape index (κ1) is 17.0. The van der Waals surface area contributed by atoms with E-state index in [-0.39, 0.29) is 17.7 Å². The monoisotopic (exact) mass is 357 g/mol. The summed E-state index contributed by atoms with van der Waals surface area (Å²) in [5, 5.41) is 2.78. The number of piperidine rings is 1. The summed E-state index contributed by atoms with van der Waals surface area (Å²) in [7, 11) is 0. The summed E-state index contributed by atoms with van der Waals surface area (Å²) < 4.78 is 6.05. The lowest BCUT2D eigenvalue weighted by Crippen LogP contribution is -2.61. The van der Waals surface area contributed by atoms with Crippen LogP contribution in [0.3, 0.4) is 0 Å². The van der Waals surface area contributed by atoms with Crippen LogP contribution in [0.15, 0.2) is 18.2 Å². The van der Waals surface area contributed by atoms with E-state index in [1.54, 1.807) is 25.1 Å². The zero-order valence-electron chi connectivity index (χ0n) is 14.9. The molecule has 26 heavy (non-hydrogen) atoms. The Morgan fingerprint density at radius 1 is 1.19 bits per heavy atom. The minimum absolute atomic E-state index is 0.0403. The largest absolute Gasteiger partial charge is 0.369 e. The second-order valence-electron chi connectivity index (χ2n) is 7.40. The highest BCUT2D eigenvalue weighted by Crippen LogP contribution is 2.30. The zero-order chi connectivity index (χ0) is 18.3. The van der Waals surface area contributed by atoms with E-state index in [2.05, 4.69) is 5.32 Å². The average Bonchev–Trinajstić information content (AvgIpc) is 3.00. The number of fused-ring (bicyclic) bond motifs is 1. The second kappa shape index (κ2) is 6.39. The van der Waals surface area contributed by atoms with Gasteiger partial charge in [0.25, 0.3) is 5.91 Å². The number of ether oxygens (including phenoxy) is 1. The van der Waals surface area contributed by atoms with Crippen molar-refractivity contribution in [2.24, 2.45) is 0 Å². The molecule has 0 aromatic heterocycles. The fourth-order valence-corrected chi connectivity index (χ4v) is 4.18. The van der Waals surface area contributed by atoms with Crippen LogP contribution < -0.4 is 5.32 Å². The maximum Gasteiger partial charge on any atom is 0.254 e. The molecule has 138 valence electrons. The van der Waals surface area contributed by atoms with E-state index in [1.165, 1.54) is 0 Å². The van der Waals surface area contributed by atoms with Crippen LogP contribution in [-0.2, 0) is 20.7 Å². The number of carbonyl (C=O) groups excluding carboxylic acids is 3. The van der Waals surface area contributed by atoms with Gasteiger partial charge >= 0.3 is 0 Å². The summed E-state index contributed by atoms with van der Waals surface area (Å²) in [5.41, 5.74) is 1.78. The van der Waals surface area contributed by atoms with Crippen molar-refractivity contribution in [3.8, 4) is 0 Å². The molecule has 1 aromatic carbocycles. The smallest absolute Gasteiger partial charge is 0.254 e. The van der Waals surface area contributed by atoms with Crippen LogP contribution in [0.2, 0.25) is 0 Å². The van der Waals surface area contributed by atoms with Gasteiger partial charge < -0.3 is 19.9 Å². The number of carbonyl (C=O) groups is 3. The van der Waals surface area contributed by atoms with E-state index in [9.17, 15) is 14.4 Å². The molecular formula is C19H23N3O4. The topological polar surface area (TPSA) is 79.0 Å². The van der Waals surface area contributed by atoms with Crippen molar-refractivity contribution in [1.82, 2.24) is 9.80 Å². The maximum atomic E-state index is 13.0. The lowest BCUT2D eigenvalue weighted by molar-refractivity contribution is -0.151. The van der Waals surface area contributed by atoms with E-state index in [0.717, 1.165) is 30.6 Å². The number of nitrogens with zero attached hydrogens (tertiary/aromatic N) is 2. The Hall–Kier alpha value is -2.41. The van der Waals surface area contributed by atoms with Gasteiger partial charge in [-0.3, -0.25) is 14.4 Å². The zero-order valence-corrected chi connectivity index (χ0v) is 14.9. The van der Waals surface area contributed by atoms with Gasteiger partial charge in [-0.25, -0.2) is 0 Å². The fraction of sp³-hybridized carbons (Fsp3) is 0.526. The maximum absolute atomic E-state index is 13.0. The first-order chi connectivity index (χ1) is 12.5. The van der Waals surface area contributed by atoms with E-state index in [1.807, 2.05) is 9.80 Å². The number of amides is 3. The van der Waals surface area contributed by atoms with Gasteiger partial charge in [-0.15, -0.1) is 0 Å². The normalized spacial score (nSPS) is 25.2. The highest BCUT2D eigenvalue weighted by atomic mass is 16.5. The van der Waals surface area contributed by atoms with Crippen molar-refractivity contribution in [2.75, 3.05) is 38.1 Å². The summed E-state index contributed by atoms with van der Waals surface area (Å²) in [5.74, 6) is -0.0388. The number of rotatable bonds is 1. The first-order valence-electron chi connectivity index (χ1n) is 9.07. The molecule has 1 N–H and O–H groups in total. The lowest BCUT2D eigenvalue weighted by atomic mass is 9.90. The predicted octanol–water partition coefficient (Wildman–Crippen LogP) is 1.03. The summed E-state index contributed by atoms with van der Waals surface area (Å²) in [4.78, 5) is 39.9. The molecule has 7 heteroatoms. The van der Waals surface area contributed by atoms with Crippen LogP contribution in [0.1, 0.15) is 35.7 Å². The van der Waals surface area contributed by atoms with Crippen molar-refractivity contribution in [3.05, 3.63) is 29.3 Å². The quantitative estimate of drug-likeness (QED) is 0.814. The van der Waals surface area contributed by atoms with Gasteiger partial charge in [-0.1, -0.05) is 0 Å². The number of hydrogen-bond donors (Lipinski definition) is 1. The SMILES string of the molecule is CC(=O)N1CCCC2(C1)CN(C(=O)c1ccc3c(c1)CC(=O)N3)CCO2. The highest BCUT2D eigenvalue weighted by Gasteiger charge is 2.42. The molecule has 3 heterocycles. The van der Waals surface area contributed by atoms with Crippen molar-refractivity contribution in [1.29, 1.82) is 0 Å². The summed E-state index contributed by atoms with van der Waals surface area (Å²) in [6.07, 6.45) is 2.05. The molecule has 1 spiro atoms. The number of likely N-dealkylation sites (tertiary alicyclic amines) is 1. The Balaban J connectivity index is 1.51. The van der Waals surface area contributed by atoms with Gasteiger partial charge in [0.05, 0.1) is 26.1 Å². The molecule has 3 aliphatic rings. The third kappa shape index (κ3) is 3.07. The van der Waals surface area contributed by atoms with Crippen molar-refractivity contribution in [3.63, 3.8) is 0 Å². The molecule has 2 saturated heterocycles. The molecule has 0 aliphatic carbocycles. The van der Waals surface area contributed by atoms with Gasteiger partial charge in [0.1, 0.15) is 5.60 Å². The molecule has 2 fully saturated rings. The summed E-state index contributed by atoms with van der Waals surface area (Å²) in [6.45, 7) is 4.36. The van der Waals surface area contributed by atoms with Crippen LogP contribution in [0.4, 0.5) is 5.69 Å². The Morgan fingerprint density at radius 2 is 2.00 bits per heavy atom. The Morgan fingerprint density at radius 3 is 2.81 bits per heavy atom. The molecule has 1 atom stereocenters. The summed E-state index contributed by atoms with van der Waals surface area (Å²) in [6, 6.07) is 5.36. The third-order valence-electron chi connectivity index (χ3n) is 5.50. The van der Waals surface area contributed by atoms with Crippen LogP contribution in [0, 0.1) is 0 Å². The van der Waals surface area contributed by atoms with Crippen molar-refractivity contribution < 1.29 is 19.1 Å². The Kier molecular flexibility index (Phi) is 4.19. The minimum Gasteiger partial charge on any atom is -0.369 e. The minimum atomic E-state index is -0.466. The standard InChI is InChI=1S/C19H23N3O4/c1-13(23)21-6-2-5-19(11-21)12-22(7-8-26-19)18(25)14-3-4-16-15(9-14)10-17(24)20-16/h3-4,9H,2,5-8,10-12H2,1H3,(H,20,24). The van der Waals surface area contributed by atoms with Gasteiger partial charge in [0.2, 0.25) is 11.8 Å². The Labute approximate surface area is 152 Å². The van der Waals surface area contributed by atoms with Crippen molar-refractivity contribution in [2.45, 2.75) is 31.8 Å². The predicted molar refractivity (Wildman–Crippen MR) is 94.9 cm³/mol. The van der Waals surface area contributed by atoms with E-state index >= 15 is 0 Å². The van der Waals surface area contributed by atoms with Gasteiger partial charge in [-0.05, 0) is 36.6 Å². The molecule has 7 nitrogen and oxygen atoms in total.